The number of carbonyl (C=O) groups excluding carboxylic acids is 1. The van der Waals surface area contributed by atoms with Crippen LogP contribution < -0.4 is 0 Å². The quantitative estimate of drug-likeness (QED) is 0.426. The summed E-state index contributed by atoms with van der Waals surface area (Å²) < 4.78 is 19.1. The van der Waals surface area contributed by atoms with E-state index in [1.165, 1.54) is 30.3 Å². The van der Waals surface area contributed by atoms with Gasteiger partial charge in [-0.2, -0.15) is 4.99 Å². The van der Waals surface area contributed by atoms with Gasteiger partial charge in [0.25, 0.3) is 0 Å². The first kappa shape index (κ1) is 8.80. The minimum Gasteiger partial charge on any atom is -0.302 e. The lowest BCUT2D eigenvalue weighted by Crippen LogP contribution is -1.85. The molecule has 0 bridgehead atoms. The van der Waals surface area contributed by atoms with Gasteiger partial charge in [-0.15, -0.1) is 0 Å². The van der Waals surface area contributed by atoms with E-state index in [1.807, 2.05) is 0 Å². The molecule has 1 aromatic rings. The van der Waals surface area contributed by atoms with E-state index in [0.29, 0.717) is 5.69 Å². The molecule has 12 heavy (non-hydrogen) atoms. The van der Waals surface area contributed by atoms with Gasteiger partial charge in [0.15, 0.2) is 11.1 Å². The number of aliphatic imine (C=N–C) groups is 1. The van der Waals surface area contributed by atoms with E-state index >= 15 is 0 Å². The maximum atomic E-state index is 10.5. The van der Waals surface area contributed by atoms with Crippen LogP contribution in [0.25, 0.3) is 0 Å². The molecule has 0 saturated heterocycles. The van der Waals surface area contributed by atoms with Crippen molar-refractivity contribution in [2.75, 3.05) is 0 Å². The second-order valence-corrected chi connectivity index (χ2v) is 2.92. The molecule has 0 aliphatic heterocycles. The number of nitrogens with zero attached hydrogens (tertiary/aromatic N) is 1. The maximum absolute atomic E-state index is 10.5. The second-order valence-electron chi connectivity index (χ2n) is 1.95. The average Bonchev–Trinajstić information content (AvgIpc) is 2.06. The summed E-state index contributed by atoms with van der Waals surface area (Å²) in [6.45, 7) is 0. The van der Waals surface area contributed by atoms with Crippen molar-refractivity contribution in [2.24, 2.45) is 4.99 Å². The summed E-state index contributed by atoms with van der Waals surface area (Å²) in [4.78, 5) is 13.4. The van der Waals surface area contributed by atoms with Gasteiger partial charge >= 0.3 is 0 Å². The normalized spacial score (nSPS) is 11.8. The Morgan fingerprint density at radius 3 is 2.33 bits per heavy atom. The van der Waals surface area contributed by atoms with Crippen LogP contribution >= 0.6 is 0 Å². The Kier molecular flexibility index (Phi) is 2.88. The summed E-state index contributed by atoms with van der Waals surface area (Å²) in [7, 11) is 0. The lowest BCUT2D eigenvalue weighted by molar-refractivity contribution is 0.564. The first-order chi connectivity index (χ1) is 5.74. The Bertz CT molecular complexity index is 319. The summed E-state index contributed by atoms with van der Waals surface area (Å²) in [5.74, 6) is 0. The SMILES string of the molecule is O=C=Nc1ccc(S(=O)O)cc1. The smallest absolute Gasteiger partial charge is 0.240 e. The molecule has 1 atom stereocenters. The molecular formula is C7H5NO3S. The summed E-state index contributed by atoms with van der Waals surface area (Å²) in [5.41, 5.74) is 0.416. The third kappa shape index (κ3) is 2.10. The van der Waals surface area contributed by atoms with Crippen molar-refractivity contribution in [3.05, 3.63) is 24.3 Å². The molecule has 62 valence electrons. The van der Waals surface area contributed by atoms with Gasteiger partial charge in [0.05, 0.1) is 10.6 Å². The Morgan fingerprint density at radius 2 is 1.92 bits per heavy atom. The summed E-state index contributed by atoms with van der Waals surface area (Å²) in [6.07, 6.45) is 1.37. The first-order valence-corrected chi connectivity index (χ1v) is 4.13. The van der Waals surface area contributed by atoms with E-state index < -0.39 is 11.1 Å². The summed E-state index contributed by atoms with van der Waals surface area (Å²) in [5, 5.41) is 0. The maximum Gasteiger partial charge on any atom is 0.240 e. The molecule has 5 heteroatoms. The van der Waals surface area contributed by atoms with Crippen LogP contribution in [0.5, 0.6) is 0 Å². The van der Waals surface area contributed by atoms with Crippen molar-refractivity contribution in [1.82, 2.24) is 0 Å². The van der Waals surface area contributed by atoms with Gasteiger partial charge in [0.2, 0.25) is 6.08 Å². The molecule has 1 N–H and O–H groups in total. The minimum atomic E-state index is -1.98. The summed E-state index contributed by atoms with van der Waals surface area (Å²) in [6, 6.07) is 5.78. The molecule has 0 heterocycles. The van der Waals surface area contributed by atoms with Gasteiger partial charge in [0, 0.05) is 0 Å². The molecule has 0 aromatic heterocycles. The number of hydrogen-bond acceptors (Lipinski definition) is 3. The Morgan fingerprint density at radius 1 is 1.33 bits per heavy atom. The molecule has 1 rings (SSSR count). The second kappa shape index (κ2) is 3.92. The van der Waals surface area contributed by atoms with Crippen LogP contribution in [0.4, 0.5) is 5.69 Å². The van der Waals surface area contributed by atoms with Gasteiger partial charge in [-0.1, -0.05) is 0 Å². The van der Waals surface area contributed by atoms with E-state index in [9.17, 15) is 9.00 Å². The van der Waals surface area contributed by atoms with Gasteiger partial charge < -0.3 is 4.55 Å². The largest absolute Gasteiger partial charge is 0.302 e. The number of hydrogen-bond donors (Lipinski definition) is 1. The van der Waals surface area contributed by atoms with Crippen LogP contribution in [0.2, 0.25) is 0 Å². The van der Waals surface area contributed by atoms with Crippen molar-refractivity contribution < 1.29 is 13.6 Å². The molecule has 0 spiro atoms. The van der Waals surface area contributed by atoms with Gasteiger partial charge in [0.1, 0.15) is 0 Å². The fourth-order valence-corrected chi connectivity index (χ4v) is 1.06. The molecule has 0 aliphatic carbocycles. The van der Waals surface area contributed by atoms with E-state index in [2.05, 4.69) is 4.99 Å². The van der Waals surface area contributed by atoms with Crippen molar-refractivity contribution in [3.8, 4) is 0 Å². The first-order valence-electron chi connectivity index (χ1n) is 3.03. The standard InChI is InChI=1S/C7H5NO3S/c9-5-8-6-1-3-7(4-2-6)12(10)11/h1-4H,(H,10,11). The fraction of sp³-hybridized carbons (Fsp3) is 0. The third-order valence-corrected chi connectivity index (χ3v) is 1.89. The average molecular weight is 183 g/mol. The van der Waals surface area contributed by atoms with Crippen LogP contribution in [0, 0.1) is 0 Å². The van der Waals surface area contributed by atoms with Crippen LogP contribution in [-0.4, -0.2) is 14.8 Å². The Balaban J connectivity index is 3.00. The zero-order valence-electron chi connectivity index (χ0n) is 5.93. The van der Waals surface area contributed by atoms with E-state index in [-0.39, 0.29) is 4.90 Å². The summed E-state index contributed by atoms with van der Waals surface area (Å²) >= 11 is -1.98. The molecule has 0 radical (unpaired) electrons. The van der Waals surface area contributed by atoms with Crippen LogP contribution in [0.15, 0.2) is 34.2 Å². The highest BCUT2D eigenvalue weighted by atomic mass is 32.2. The number of isocyanates is 1. The third-order valence-electron chi connectivity index (χ3n) is 1.21. The number of benzene rings is 1. The van der Waals surface area contributed by atoms with Gasteiger partial charge in [-0.3, -0.25) is 0 Å². The van der Waals surface area contributed by atoms with E-state index in [0.717, 1.165) is 0 Å². The highest BCUT2D eigenvalue weighted by molar-refractivity contribution is 7.79. The van der Waals surface area contributed by atoms with Crippen molar-refractivity contribution >= 4 is 22.8 Å². The van der Waals surface area contributed by atoms with Crippen LogP contribution in [-0.2, 0) is 15.9 Å². The monoisotopic (exact) mass is 183 g/mol. The predicted octanol–water partition coefficient (Wildman–Crippen LogP) is 1.23. The van der Waals surface area contributed by atoms with Crippen molar-refractivity contribution in [2.45, 2.75) is 4.90 Å². The highest BCUT2D eigenvalue weighted by Crippen LogP contribution is 2.13. The molecule has 0 amide bonds. The van der Waals surface area contributed by atoms with E-state index in [4.69, 9.17) is 4.55 Å². The molecule has 4 nitrogen and oxygen atoms in total. The fourth-order valence-electron chi connectivity index (χ4n) is 0.690. The van der Waals surface area contributed by atoms with Crippen LogP contribution in [0.1, 0.15) is 0 Å². The van der Waals surface area contributed by atoms with Gasteiger partial charge in [-0.25, -0.2) is 9.00 Å². The van der Waals surface area contributed by atoms with Crippen molar-refractivity contribution in [3.63, 3.8) is 0 Å². The van der Waals surface area contributed by atoms with Crippen molar-refractivity contribution in [1.29, 1.82) is 0 Å². The molecule has 1 unspecified atom stereocenters. The Hall–Kier alpha value is -1.29. The molecule has 0 aliphatic rings. The molecular weight excluding hydrogens is 178 g/mol. The molecule has 1 aromatic carbocycles. The molecule has 0 fully saturated rings. The zero-order chi connectivity index (χ0) is 8.97. The van der Waals surface area contributed by atoms with Crippen LogP contribution in [0.3, 0.4) is 0 Å². The lowest BCUT2D eigenvalue weighted by atomic mass is 10.3. The topological polar surface area (TPSA) is 66.7 Å². The Labute approximate surface area is 71.2 Å². The highest BCUT2D eigenvalue weighted by Gasteiger charge is 1.97. The van der Waals surface area contributed by atoms with E-state index in [1.54, 1.807) is 0 Å². The zero-order valence-corrected chi connectivity index (χ0v) is 6.75. The minimum absolute atomic E-state index is 0.278. The lowest BCUT2D eigenvalue weighted by Gasteiger charge is -1.93. The molecule has 0 saturated carbocycles. The number of rotatable bonds is 2. The predicted molar refractivity (Wildman–Crippen MR) is 43.3 cm³/mol. The van der Waals surface area contributed by atoms with Gasteiger partial charge in [-0.05, 0) is 24.3 Å².